The quantitative estimate of drug-likeness (QED) is 0.730. The second-order valence-electron chi connectivity index (χ2n) is 2.54. The predicted molar refractivity (Wildman–Crippen MR) is 50.9 cm³/mol. The summed E-state index contributed by atoms with van der Waals surface area (Å²) in [4.78, 5) is 4.27. The first-order valence-electron chi connectivity index (χ1n) is 3.79. The Morgan fingerprint density at radius 1 is 1.54 bits per heavy atom. The number of thiazole rings is 1. The first-order chi connectivity index (χ1) is 6.31. The van der Waals surface area contributed by atoms with Crippen LogP contribution in [0.25, 0.3) is 11.4 Å². The molecule has 0 saturated heterocycles. The molecule has 0 aliphatic heterocycles. The van der Waals surface area contributed by atoms with Gasteiger partial charge in [0.15, 0.2) is 0 Å². The molecule has 0 bridgehead atoms. The number of methoxy groups -OCH3 is 1. The van der Waals surface area contributed by atoms with Gasteiger partial charge in [0.1, 0.15) is 5.69 Å². The summed E-state index contributed by atoms with van der Waals surface area (Å²) in [5.74, 6) is 0. The van der Waals surface area contributed by atoms with Gasteiger partial charge < -0.3 is 4.74 Å². The number of rotatable bonds is 2. The summed E-state index contributed by atoms with van der Waals surface area (Å²) in [6.45, 7) is 0. The fourth-order valence-electron chi connectivity index (χ4n) is 1.09. The summed E-state index contributed by atoms with van der Waals surface area (Å²) < 4.78 is 6.80. The van der Waals surface area contributed by atoms with Crippen LogP contribution < -0.4 is 4.74 Å². The SMILES string of the molecule is COc1nc(-c2ccnn2C)cs1. The van der Waals surface area contributed by atoms with Crippen molar-refractivity contribution >= 4 is 11.3 Å². The zero-order valence-corrected chi connectivity index (χ0v) is 8.21. The molecule has 0 spiro atoms. The molecule has 2 rings (SSSR count). The van der Waals surface area contributed by atoms with Crippen LogP contribution in [-0.4, -0.2) is 21.9 Å². The highest BCUT2D eigenvalue weighted by molar-refractivity contribution is 7.11. The van der Waals surface area contributed by atoms with Crippen LogP contribution in [0.15, 0.2) is 17.6 Å². The Hall–Kier alpha value is -1.36. The maximum Gasteiger partial charge on any atom is 0.273 e. The second kappa shape index (κ2) is 3.18. The molecule has 2 aromatic heterocycles. The van der Waals surface area contributed by atoms with E-state index in [2.05, 4.69) is 10.1 Å². The Labute approximate surface area is 79.8 Å². The Balaban J connectivity index is 2.41. The number of ether oxygens (including phenoxy) is 1. The summed E-state index contributed by atoms with van der Waals surface area (Å²) in [7, 11) is 3.51. The molecule has 0 unspecified atom stereocenters. The average Bonchev–Trinajstić information content (AvgIpc) is 2.71. The fourth-order valence-corrected chi connectivity index (χ4v) is 1.73. The Morgan fingerprint density at radius 3 is 2.92 bits per heavy atom. The highest BCUT2D eigenvalue weighted by Crippen LogP contribution is 2.25. The van der Waals surface area contributed by atoms with E-state index in [0.29, 0.717) is 5.19 Å². The molecule has 4 nitrogen and oxygen atoms in total. The van der Waals surface area contributed by atoms with Gasteiger partial charge in [-0.15, -0.1) is 0 Å². The molecule has 0 aliphatic rings. The lowest BCUT2D eigenvalue weighted by Gasteiger charge is -1.95. The highest BCUT2D eigenvalue weighted by atomic mass is 32.1. The van der Waals surface area contributed by atoms with E-state index < -0.39 is 0 Å². The Bertz CT molecular complexity index is 407. The largest absolute Gasteiger partial charge is 0.473 e. The van der Waals surface area contributed by atoms with Gasteiger partial charge >= 0.3 is 0 Å². The van der Waals surface area contributed by atoms with Crippen LogP contribution in [0.4, 0.5) is 0 Å². The van der Waals surface area contributed by atoms with Gasteiger partial charge in [-0.2, -0.15) is 5.10 Å². The molecule has 0 amide bonds. The molecule has 0 atom stereocenters. The lowest BCUT2D eigenvalue weighted by atomic mass is 10.3. The molecule has 0 aromatic carbocycles. The van der Waals surface area contributed by atoms with Crippen LogP contribution in [0, 0.1) is 0 Å². The summed E-state index contributed by atoms with van der Waals surface area (Å²) >= 11 is 1.48. The van der Waals surface area contributed by atoms with E-state index in [1.165, 1.54) is 11.3 Å². The van der Waals surface area contributed by atoms with Gasteiger partial charge in [0.25, 0.3) is 5.19 Å². The minimum Gasteiger partial charge on any atom is -0.473 e. The lowest BCUT2D eigenvalue weighted by Crippen LogP contribution is -1.93. The molecule has 0 fully saturated rings. The minimum atomic E-state index is 0.677. The molecular formula is C8H9N3OS. The third-order valence-electron chi connectivity index (χ3n) is 1.74. The molecule has 2 heterocycles. The van der Waals surface area contributed by atoms with Crippen molar-refractivity contribution < 1.29 is 4.74 Å². The van der Waals surface area contributed by atoms with E-state index in [-0.39, 0.29) is 0 Å². The van der Waals surface area contributed by atoms with Crippen LogP contribution in [0.2, 0.25) is 0 Å². The van der Waals surface area contributed by atoms with Crippen molar-refractivity contribution in [1.29, 1.82) is 0 Å². The maximum absolute atomic E-state index is 5.01. The summed E-state index contributed by atoms with van der Waals surface area (Å²) in [6.07, 6.45) is 1.75. The highest BCUT2D eigenvalue weighted by Gasteiger charge is 2.07. The van der Waals surface area contributed by atoms with Crippen molar-refractivity contribution in [2.45, 2.75) is 0 Å². The summed E-state index contributed by atoms with van der Waals surface area (Å²) in [5.41, 5.74) is 1.90. The van der Waals surface area contributed by atoms with Gasteiger partial charge in [0, 0.05) is 18.6 Å². The molecule has 2 aromatic rings. The van der Waals surface area contributed by atoms with Crippen molar-refractivity contribution in [2.24, 2.45) is 7.05 Å². The van der Waals surface area contributed by atoms with Gasteiger partial charge in [-0.1, -0.05) is 11.3 Å². The van der Waals surface area contributed by atoms with Crippen molar-refractivity contribution in [3.63, 3.8) is 0 Å². The van der Waals surface area contributed by atoms with Crippen LogP contribution in [0.1, 0.15) is 0 Å². The van der Waals surface area contributed by atoms with E-state index in [9.17, 15) is 0 Å². The first kappa shape index (κ1) is 8.25. The zero-order valence-electron chi connectivity index (χ0n) is 7.39. The third kappa shape index (κ3) is 1.42. The van der Waals surface area contributed by atoms with E-state index >= 15 is 0 Å². The van der Waals surface area contributed by atoms with E-state index in [1.54, 1.807) is 18.0 Å². The summed E-state index contributed by atoms with van der Waals surface area (Å²) in [6, 6.07) is 1.93. The first-order valence-corrected chi connectivity index (χ1v) is 4.67. The second-order valence-corrected chi connectivity index (χ2v) is 3.36. The van der Waals surface area contributed by atoms with Crippen LogP contribution in [0.5, 0.6) is 5.19 Å². The molecule has 5 heteroatoms. The van der Waals surface area contributed by atoms with Crippen molar-refractivity contribution in [1.82, 2.24) is 14.8 Å². The molecule has 0 radical (unpaired) electrons. The van der Waals surface area contributed by atoms with Crippen LogP contribution in [0.3, 0.4) is 0 Å². The van der Waals surface area contributed by atoms with Crippen LogP contribution in [-0.2, 0) is 7.05 Å². The zero-order chi connectivity index (χ0) is 9.26. The normalized spacial score (nSPS) is 10.3. The van der Waals surface area contributed by atoms with Gasteiger partial charge in [-0.25, -0.2) is 4.98 Å². The number of hydrogen-bond donors (Lipinski definition) is 0. The third-order valence-corrected chi connectivity index (χ3v) is 2.54. The number of hydrogen-bond acceptors (Lipinski definition) is 4. The smallest absolute Gasteiger partial charge is 0.273 e. The number of aromatic nitrogens is 3. The number of aryl methyl sites for hydroxylation is 1. The van der Waals surface area contributed by atoms with Crippen LogP contribution >= 0.6 is 11.3 Å². The Kier molecular flexibility index (Phi) is 2.02. The van der Waals surface area contributed by atoms with Gasteiger partial charge in [-0.3, -0.25) is 4.68 Å². The lowest BCUT2D eigenvalue weighted by molar-refractivity contribution is 0.412. The standard InChI is InChI=1S/C8H9N3OS/c1-11-7(3-4-9-11)6-5-13-8(10-6)12-2/h3-5H,1-2H3. The molecule has 0 saturated carbocycles. The Morgan fingerprint density at radius 2 is 2.38 bits per heavy atom. The molecular weight excluding hydrogens is 186 g/mol. The molecule has 0 aliphatic carbocycles. The fraction of sp³-hybridized carbons (Fsp3) is 0.250. The van der Waals surface area contributed by atoms with Crippen molar-refractivity contribution in [2.75, 3.05) is 7.11 Å². The van der Waals surface area contributed by atoms with E-state index in [0.717, 1.165) is 11.4 Å². The number of nitrogens with zero attached hydrogens (tertiary/aromatic N) is 3. The summed E-state index contributed by atoms with van der Waals surface area (Å²) in [5, 5.41) is 6.70. The maximum atomic E-state index is 5.01. The van der Waals surface area contributed by atoms with E-state index in [1.807, 2.05) is 18.5 Å². The minimum absolute atomic E-state index is 0.677. The van der Waals surface area contributed by atoms with Crippen molar-refractivity contribution in [3.8, 4) is 16.6 Å². The molecule has 0 N–H and O–H groups in total. The van der Waals surface area contributed by atoms with E-state index in [4.69, 9.17) is 4.74 Å². The van der Waals surface area contributed by atoms with Gasteiger partial charge in [-0.05, 0) is 6.07 Å². The molecule has 13 heavy (non-hydrogen) atoms. The van der Waals surface area contributed by atoms with Crippen molar-refractivity contribution in [3.05, 3.63) is 17.6 Å². The van der Waals surface area contributed by atoms with Gasteiger partial charge in [0.05, 0.1) is 12.8 Å². The predicted octanol–water partition coefficient (Wildman–Crippen LogP) is 1.55. The average molecular weight is 195 g/mol. The topological polar surface area (TPSA) is 39.9 Å². The molecule has 68 valence electrons. The van der Waals surface area contributed by atoms with Gasteiger partial charge in [0.2, 0.25) is 0 Å². The monoisotopic (exact) mass is 195 g/mol.